The highest BCUT2D eigenvalue weighted by atomic mass is 16.1. The van der Waals surface area contributed by atoms with E-state index in [1.54, 1.807) is 6.92 Å². The second kappa shape index (κ2) is 3.12. The number of ketones is 1. The fraction of sp³-hybridized carbons (Fsp3) is 0.857. The van der Waals surface area contributed by atoms with Gasteiger partial charge in [-0.3, -0.25) is 10.2 Å². The SMILES string of the molecule is CC(=O)[C@@H]1CCCNN1C. The fourth-order valence-electron chi connectivity index (χ4n) is 1.33. The molecule has 1 aliphatic heterocycles. The first-order valence-electron chi connectivity index (χ1n) is 3.68. The fourth-order valence-corrected chi connectivity index (χ4v) is 1.33. The van der Waals surface area contributed by atoms with E-state index in [0.29, 0.717) is 0 Å². The first-order chi connectivity index (χ1) is 4.72. The molecule has 0 amide bonds. The van der Waals surface area contributed by atoms with Crippen molar-refractivity contribution in [1.82, 2.24) is 10.4 Å². The zero-order chi connectivity index (χ0) is 7.56. The molecule has 1 rings (SSSR count). The zero-order valence-corrected chi connectivity index (χ0v) is 6.55. The maximum Gasteiger partial charge on any atom is 0.148 e. The topological polar surface area (TPSA) is 32.3 Å². The molecule has 1 fully saturated rings. The number of likely N-dealkylation sites (N-methyl/N-ethyl adjacent to an activating group) is 1. The summed E-state index contributed by atoms with van der Waals surface area (Å²) in [5.74, 6) is 0.259. The number of hydrogen-bond acceptors (Lipinski definition) is 3. The standard InChI is InChI=1S/C7H14N2O/c1-6(10)7-4-3-5-8-9(7)2/h7-8H,3-5H2,1-2H3/t7-/m0/s1. The van der Waals surface area contributed by atoms with E-state index in [4.69, 9.17) is 0 Å². The molecule has 1 saturated heterocycles. The number of carbonyl (C=O) groups excluding carboxylic acids is 1. The van der Waals surface area contributed by atoms with E-state index in [9.17, 15) is 4.79 Å². The molecule has 1 heterocycles. The van der Waals surface area contributed by atoms with Gasteiger partial charge in [-0.2, -0.15) is 0 Å². The number of hydrogen-bond donors (Lipinski definition) is 1. The second-order valence-corrected chi connectivity index (χ2v) is 2.79. The molecule has 1 N–H and O–H groups in total. The van der Waals surface area contributed by atoms with Gasteiger partial charge < -0.3 is 0 Å². The van der Waals surface area contributed by atoms with Gasteiger partial charge in [0.2, 0.25) is 0 Å². The molecule has 10 heavy (non-hydrogen) atoms. The lowest BCUT2D eigenvalue weighted by Gasteiger charge is -2.31. The summed E-state index contributed by atoms with van der Waals surface area (Å²) in [6, 6.07) is 0.105. The van der Waals surface area contributed by atoms with Gasteiger partial charge in [0.05, 0.1) is 6.04 Å². The van der Waals surface area contributed by atoms with Crippen LogP contribution in [0.3, 0.4) is 0 Å². The average Bonchev–Trinajstić information content (AvgIpc) is 1.88. The molecular weight excluding hydrogens is 128 g/mol. The van der Waals surface area contributed by atoms with Crippen LogP contribution in [0.1, 0.15) is 19.8 Å². The summed E-state index contributed by atoms with van der Waals surface area (Å²) >= 11 is 0. The summed E-state index contributed by atoms with van der Waals surface area (Å²) in [7, 11) is 1.92. The average molecular weight is 142 g/mol. The second-order valence-electron chi connectivity index (χ2n) is 2.79. The smallest absolute Gasteiger partial charge is 0.148 e. The Bertz CT molecular complexity index is 136. The van der Waals surface area contributed by atoms with E-state index in [1.165, 1.54) is 0 Å². The van der Waals surface area contributed by atoms with Gasteiger partial charge >= 0.3 is 0 Å². The molecule has 0 unspecified atom stereocenters. The number of Topliss-reactive ketones (excluding diaryl/α,β-unsaturated/α-hetero) is 1. The van der Waals surface area contributed by atoms with E-state index >= 15 is 0 Å². The monoisotopic (exact) mass is 142 g/mol. The first kappa shape index (κ1) is 7.69. The van der Waals surface area contributed by atoms with Gasteiger partial charge in [-0.1, -0.05) is 0 Å². The Kier molecular flexibility index (Phi) is 2.40. The Morgan fingerprint density at radius 3 is 2.80 bits per heavy atom. The van der Waals surface area contributed by atoms with Gasteiger partial charge in [-0.25, -0.2) is 5.01 Å². The minimum Gasteiger partial charge on any atom is -0.298 e. The van der Waals surface area contributed by atoms with Crippen molar-refractivity contribution in [2.24, 2.45) is 0 Å². The third-order valence-corrected chi connectivity index (χ3v) is 1.95. The lowest BCUT2D eigenvalue weighted by molar-refractivity contribution is -0.124. The molecule has 0 aromatic heterocycles. The Morgan fingerprint density at radius 1 is 1.70 bits per heavy atom. The molecule has 0 aromatic rings. The van der Waals surface area contributed by atoms with Gasteiger partial charge in [0, 0.05) is 13.6 Å². The predicted molar refractivity (Wildman–Crippen MR) is 39.5 cm³/mol. The van der Waals surface area contributed by atoms with Gasteiger partial charge in [-0.15, -0.1) is 0 Å². The molecule has 0 aliphatic carbocycles. The molecule has 0 saturated carbocycles. The van der Waals surface area contributed by atoms with E-state index < -0.39 is 0 Å². The molecule has 0 aromatic carbocycles. The van der Waals surface area contributed by atoms with Crippen LogP contribution in [-0.4, -0.2) is 30.4 Å². The van der Waals surface area contributed by atoms with Gasteiger partial charge in [0.1, 0.15) is 5.78 Å². The molecule has 3 nitrogen and oxygen atoms in total. The maximum absolute atomic E-state index is 10.9. The molecular formula is C7H14N2O. The van der Waals surface area contributed by atoms with Crippen molar-refractivity contribution in [3.8, 4) is 0 Å². The van der Waals surface area contributed by atoms with Gasteiger partial charge in [0.15, 0.2) is 0 Å². The van der Waals surface area contributed by atoms with Crippen LogP contribution in [0.2, 0.25) is 0 Å². The summed E-state index contributed by atoms with van der Waals surface area (Å²) in [5.41, 5.74) is 3.13. The van der Waals surface area contributed by atoms with Crippen molar-refractivity contribution in [1.29, 1.82) is 0 Å². The van der Waals surface area contributed by atoms with Crippen LogP contribution >= 0.6 is 0 Å². The quantitative estimate of drug-likeness (QED) is 0.566. The van der Waals surface area contributed by atoms with Crippen molar-refractivity contribution < 1.29 is 4.79 Å². The number of rotatable bonds is 1. The number of carbonyl (C=O) groups is 1. The minimum absolute atomic E-state index is 0.105. The number of nitrogens with one attached hydrogen (secondary N) is 1. The molecule has 1 atom stereocenters. The molecule has 58 valence electrons. The van der Waals surface area contributed by atoms with Gasteiger partial charge in [-0.05, 0) is 19.8 Å². The Balaban J connectivity index is 2.47. The molecule has 0 spiro atoms. The highest BCUT2D eigenvalue weighted by Gasteiger charge is 2.21. The summed E-state index contributed by atoms with van der Waals surface area (Å²) in [6.07, 6.45) is 2.10. The lowest BCUT2D eigenvalue weighted by Crippen LogP contribution is -2.50. The zero-order valence-electron chi connectivity index (χ0n) is 6.55. The van der Waals surface area contributed by atoms with Crippen LogP contribution in [0.4, 0.5) is 0 Å². The lowest BCUT2D eigenvalue weighted by atomic mass is 10.1. The molecule has 1 aliphatic rings. The Hall–Kier alpha value is -0.410. The van der Waals surface area contributed by atoms with E-state index in [1.807, 2.05) is 12.1 Å². The van der Waals surface area contributed by atoms with E-state index in [-0.39, 0.29) is 11.8 Å². The van der Waals surface area contributed by atoms with Crippen LogP contribution in [0.15, 0.2) is 0 Å². The van der Waals surface area contributed by atoms with Crippen molar-refractivity contribution >= 4 is 5.78 Å². The van der Waals surface area contributed by atoms with Crippen molar-refractivity contribution in [2.75, 3.05) is 13.6 Å². The van der Waals surface area contributed by atoms with Crippen LogP contribution in [0.25, 0.3) is 0 Å². The Labute approximate surface area is 61.4 Å². The summed E-state index contributed by atoms with van der Waals surface area (Å²) in [4.78, 5) is 10.9. The molecule has 0 bridgehead atoms. The van der Waals surface area contributed by atoms with Crippen LogP contribution < -0.4 is 5.43 Å². The van der Waals surface area contributed by atoms with Crippen LogP contribution in [-0.2, 0) is 4.79 Å². The van der Waals surface area contributed by atoms with E-state index in [0.717, 1.165) is 19.4 Å². The highest BCUT2D eigenvalue weighted by Crippen LogP contribution is 2.08. The molecule has 0 radical (unpaired) electrons. The number of nitrogens with zero attached hydrogens (tertiary/aromatic N) is 1. The Morgan fingerprint density at radius 2 is 2.40 bits per heavy atom. The summed E-state index contributed by atoms with van der Waals surface area (Å²) < 4.78 is 0. The summed E-state index contributed by atoms with van der Waals surface area (Å²) in [5, 5.41) is 1.91. The van der Waals surface area contributed by atoms with Crippen molar-refractivity contribution in [3.05, 3.63) is 0 Å². The molecule has 3 heteroatoms. The maximum atomic E-state index is 10.9. The predicted octanol–water partition coefficient (Wildman–Crippen LogP) is 0.174. The summed E-state index contributed by atoms with van der Waals surface area (Å²) in [6.45, 7) is 2.65. The van der Waals surface area contributed by atoms with Crippen LogP contribution in [0, 0.1) is 0 Å². The normalized spacial score (nSPS) is 28.4. The number of hydrazine groups is 1. The highest BCUT2D eigenvalue weighted by molar-refractivity contribution is 5.81. The van der Waals surface area contributed by atoms with Crippen LogP contribution in [0.5, 0.6) is 0 Å². The van der Waals surface area contributed by atoms with E-state index in [2.05, 4.69) is 5.43 Å². The van der Waals surface area contributed by atoms with Gasteiger partial charge in [0.25, 0.3) is 0 Å². The third-order valence-electron chi connectivity index (χ3n) is 1.95. The minimum atomic E-state index is 0.105. The van der Waals surface area contributed by atoms with Crippen molar-refractivity contribution in [2.45, 2.75) is 25.8 Å². The first-order valence-corrected chi connectivity index (χ1v) is 3.68. The largest absolute Gasteiger partial charge is 0.298 e. The van der Waals surface area contributed by atoms with Crippen molar-refractivity contribution in [3.63, 3.8) is 0 Å². The third kappa shape index (κ3) is 1.55.